The molecule has 1 nitrogen and oxygen atoms in total. The molecule has 0 saturated heterocycles. The van der Waals surface area contributed by atoms with E-state index < -0.39 is 0 Å². The van der Waals surface area contributed by atoms with E-state index in [1.54, 1.807) is 12.3 Å². The first-order valence-electron chi connectivity index (χ1n) is 4.39. The summed E-state index contributed by atoms with van der Waals surface area (Å²) in [7, 11) is 0. The molecule has 0 spiro atoms. The third kappa shape index (κ3) is 1.68. The van der Waals surface area contributed by atoms with Crippen molar-refractivity contribution in [3.63, 3.8) is 0 Å². The second kappa shape index (κ2) is 3.30. The highest BCUT2D eigenvalue weighted by Gasteiger charge is 2.10. The number of rotatable bonds is 2. The average Bonchev–Trinajstić information content (AvgIpc) is 2.31. The predicted molar refractivity (Wildman–Crippen MR) is 48.9 cm³/mol. The highest BCUT2D eigenvalue weighted by Crippen LogP contribution is 2.21. The van der Waals surface area contributed by atoms with Gasteiger partial charge in [-0.1, -0.05) is 13.8 Å². The van der Waals surface area contributed by atoms with Gasteiger partial charge in [0, 0.05) is 17.9 Å². The van der Waals surface area contributed by atoms with Crippen molar-refractivity contribution in [2.45, 2.75) is 39.7 Å². The fourth-order valence-corrected chi connectivity index (χ4v) is 1.37. The fraction of sp³-hybridized carbons (Fsp3) is 0.600. The molecule has 1 aromatic rings. The van der Waals surface area contributed by atoms with Crippen LogP contribution >= 0.6 is 0 Å². The SMILES string of the molecule is CC(C)c1cc(F)cn1C(C)C. The second-order valence-electron chi connectivity index (χ2n) is 3.74. The summed E-state index contributed by atoms with van der Waals surface area (Å²) in [5.74, 6) is 0.254. The summed E-state index contributed by atoms with van der Waals surface area (Å²) in [6, 6.07) is 1.96. The summed E-state index contributed by atoms with van der Waals surface area (Å²) >= 11 is 0. The van der Waals surface area contributed by atoms with Gasteiger partial charge in [0.25, 0.3) is 0 Å². The molecule has 0 fully saturated rings. The van der Waals surface area contributed by atoms with Crippen LogP contribution in [0.3, 0.4) is 0 Å². The Labute approximate surface area is 73.2 Å². The third-order valence-corrected chi connectivity index (χ3v) is 1.99. The second-order valence-corrected chi connectivity index (χ2v) is 3.74. The quantitative estimate of drug-likeness (QED) is 0.640. The molecule has 0 aliphatic carbocycles. The van der Waals surface area contributed by atoms with Crippen LogP contribution in [0.1, 0.15) is 45.3 Å². The number of nitrogens with zero attached hydrogens (tertiary/aromatic N) is 1. The molecule has 0 saturated carbocycles. The lowest BCUT2D eigenvalue weighted by Gasteiger charge is -2.14. The fourth-order valence-electron chi connectivity index (χ4n) is 1.37. The van der Waals surface area contributed by atoms with Gasteiger partial charge in [-0.05, 0) is 25.8 Å². The molecule has 0 radical (unpaired) electrons. The minimum absolute atomic E-state index is 0.132. The van der Waals surface area contributed by atoms with Gasteiger partial charge in [0.2, 0.25) is 0 Å². The highest BCUT2D eigenvalue weighted by molar-refractivity contribution is 5.13. The molecule has 0 N–H and O–H groups in total. The Morgan fingerprint density at radius 2 is 1.83 bits per heavy atom. The minimum Gasteiger partial charge on any atom is -0.346 e. The van der Waals surface area contributed by atoms with Crippen LogP contribution < -0.4 is 0 Å². The summed E-state index contributed by atoms with van der Waals surface area (Å²) in [5, 5.41) is 0. The maximum Gasteiger partial charge on any atom is 0.141 e. The first-order valence-corrected chi connectivity index (χ1v) is 4.39. The van der Waals surface area contributed by atoms with E-state index in [2.05, 4.69) is 27.7 Å². The van der Waals surface area contributed by atoms with Crippen LogP contribution in [0, 0.1) is 5.82 Å². The average molecular weight is 169 g/mol. The van der Waals surface area contributed by atoms with E-state index in [9.17, 15) is 4.39 Å². The molecule has 0 aliphatic rings. The molecule has 12 heavy (non-hydrogen) atoms. The Morgan fingerprint density at radius 3 is 2.17 bits per heavy atom. The Morgan fingerprint density at radius 1 is 1.25 bits per heavy atom. The monoisotopic (exact) mass is 169 g/mol. The maximum absolute atomic E-state index is 12.9. The molecule has 0 atom stereocenters. The molecular formula is C10H16FN. The summed E-state index contributed by atoms with van der Waals surface area (Å²) in [5.41, 5.74) is 1.07. The van der Waals surface area contributed by atoms with Crippen molar-refractivity contribution < 1.29 is 4.39 Å². The van der Waals surface area contributed by atoms with Crippen LogP contribution in [0.5, 0.6) is 0 Å². The Kier molecular flexibility index (Phi) is 2.55. The molecule has 1 rings (SSSR count). The summed E-state index contributed by atoms with van der Waals surface area (Å²) in [6.07, 6.45) is 1.57. The lowest BCUT2D eigenvalue weighted by atomic mass is 10.1. The van der Waals surface area contributed by atoms with Crippen molar-refractivity contribution in [1.29, 1.82) is 0 Å². The van der Waals surface area contributed by atoms with Gasteiger partial charge < -0.3 is 4.57 Å². The van der Waals surface area contributed by atoms with Crippen LogP contribution in [0.15, 0.2) is 12.3 Å². The summed E-state index contributed by atoms with van der Waals surface area (Å²) < 4.78 is 14.9. The van der Waals surface area contributed by atoms with E-state index in [4.69, 9.17) is 0 Å². The molecule has 0 bridgehead atoms. The smallest absolute Gasteiger partial charge is 0.141 e. The van der Waals surface area contributed by atoms with Gasteiger partial charge in [-0.15, -0.1) is 0 Å². The summed E-state index contributed by atoms with van der Waals surface area (Å²) in [4.78, 5) is 0. The number of hydrogen-bond donors (Lipinski definition) is 0. The van der Waals surface area contributed by atoms with Gasteiger partial charge in [0.05, 0.1) is 0 Å². The number of aromatic nitrogens is 1. The van der Waals surface area contributed by atoms with Gasteiger partial charge in [0.15, 0.2) is 0 Å². The topological polar surface area (TPSA) is 4.93 Å². The van der Waals surface area contributed by atoms with Crippen molar-refractivity contribution >= 4 is 0 Å². The number of hydrogen-bond acceptors (Lipinski definition) is 0. The highest BCUT2D eigenvalue weighted by atomic mass is 19.1. The van der Waals surface area contributed by atoms with Gasteiger partial charge in [-0.3, -0.25) is 0 Å². The van der Waals surface area contributed by atoms with E-state index in [0.717, 1.165) is 5.69 Å². The molecule has 2 heteroatoms. The molecule has 0 aromatic carbocycles. The van der Waals surface area contributed by atoms with Crippen LogP contribution in [0.2, 0.25) is 0 Å². The van der Waals surface area contributed by atoms with Gasteiger partial charge >= 0.3 is 0 Å². The van der Waals surface area contributed by atoms with Crippen molar-refractivity contribution in [3.8, 4) is 0 Å². The minimum atomic E-state index is -0.132. The van der Waals surface area contributed by atoms with Crippen LogP contribution in [0.4, 0.5) is 4.39 Å². The Bertz CT molecular complexity index is 235. The molecule has 1 aromatic heterocycles. The van der Waals surface area contributed by atoms with E-state index in [0.29, 0.717) is 12.0 Å². The lowest BCUT2D eigenvalue weighted by molar-refractivity contribution is 0.550. The predicted octanol–water partition coefficient (Wildman–Crippen LogP) is 3.33. The first-order chi connectivity index (χ1) is 5.52. The van der Waals surface area contributed by atoms with Crippen LogP contribution in [-0.4, -0.2) is 4.57 Å². The Balaban J connectivity index is 3.08. The van der Waals surface area contributed by atoms with Crippen molar-refractivity contribution in [2.75, 3.05) is 0 Å². The zero-order chi connectivity index (χ0) is 9.30. The van der Waals surface area contributed by atoms with E-state index in [1.807, 2.05) is 4.57 Å². The van der Waals surface area contributed by atoms with Crippen LogP contribution in [-0.2, 0) is 0 Å². The lowest BCUT2D eigenvalue weighted by Crippen LogP contribution is -2.05. The van der Waals surface area contributed by atoms with Gasteiger partial charge in [-0.25, -0.2) is 4.39 Å². The third-order valence-electron chi connectivity index (χ3n) is 1.99. The van der Waals surface area contributed by atoms with Crippen molar-refractivity contribution in [2.24, 2.45) is 0 Å². The molecule has 1 heterocycles. The largest absolute Gasteiger partial charge is 0.346 e. The Hall–Kier alpha value is -0.790. The molecule has 0 aliphatic heterocycles. The zero-order valence-corrected chi connectivity index (χ0v) is 8.13. The van der Waals surface area contributed by atoms with Gasteiger partial charge in [0.1, 0.15) is 5.82 Å². The molecule has 0 unspecified atom stereocenters. The van der Waals surface area contributed by atoms with E-state index in [-0.39, 0.29) is 5.82 Å². The van der Waals surface area contributed by atoms with Crippen LogP contribution in [0.25, 0.3) is 0 Å². The maximum atomic E-state index is 12.9. The normalized spacial score (nSPS) is 11.6. The van der Waals surface area contributed by atoms with Gasteiger partial charge in [-0.2, -0.15) is 0 Å². The van der Waals surface area contributed by atoms with Crippen molar-refractivity contribution in [3.05, 3.63) is 23.8 Å². The number of halogens is 1. The first kappa shape index (κ1) is 9.30. The zero-order valence-electron chi connectivity index (χ0n) is 8.13. The van der Waals surface area contributed by atoms with Crippen molar-refractivity contribution in [1.82, 2.24) is 4.57 Å². The standard InChI is InChI=1S/C10H16FN/c1-7(2)10-5-9(11)6-12(10)8(3)4/h5-8H,1-4H3. The molecule has 68 valence electrons. The van der Waals surface area contributed by atoms with E-state index in [1.165, 1.54) is 0 Å². The summed E-state index contributed by atoms with van der Waals surface area (Å²) in [6.45, 7) is 8.28. The molecule has 0 amide bonds. The van der Waals surface area contributed by atoms with E-state index >= 15 is 0 Å². The molecular weight excluding hydrogens is 153 g/mol.